The second-order valence-corrected chi connectivity index (χ2v) is 4.24. The van der Waals surface area contributed by atoms with Crippen LogP contribution in [0.25, 0.3) is 0 Å². The highest BCUT2D eigenvalue weighted by atomic mass is 16.5. The molecule has 2 aromatic heterocycles. The molecule has 1 aliphatic rings. The quantitative estimate of drug-likeness (QED) is 0.790. The lowest BCUT2D eigenvalue weighted by molar-refractivity contribution is 0.0784. The van der Waals surface area contributed by atoms with E-state index in [-0.39, 0.29) is 11.8 Å². The first-order chi connectivity index (χ1) is 8.84. The van der Waals surface area contributed by atoms with Crippen molar-refractivity contribution in [3.63, 3.8) is 0 Å². The summed E-state index contributed by atoms with van der Waals surface area (Å²) < 4.78 is 4.73. The van der Waals surface area contributed by atoms with Crippen molar-refractivity contribution in [2.45, 2.75) is 12.3 Å². The van der Waals surface area contributed by atoms with Crippen molar-refractivity contribution in [3.8, 4) is 0 Å². The molecule has 0 aliphatic carbocycles. The molecule has 2 aromatic rings. The number of hydrogen-bond acceptors (Lipinski definition) is 5. The molecule has 0 aromatic carbocycles. The van der Waals surface area contributed by atoms with E-state index in [0.717, 1.165) is 6.42 Å². The molecule has 3 heterocycles. The van der Waals surface area contributed by atoms with E-state index in [0.29, 0.717) is 24.6 Å². The Bertz CT molecular complexity index is 526. The second-order valence-electron chi connectivity index (χ2n) is 4.24. The Hall–Kier alpha value is -2.24. The zero-order valence-electron chi connectivity index (χ0n) is 9.69. The van der Waals surface area contributed by atoms with Crippen LogP contribution in [-0.4, -0.2) is 39.0 Å². The maximum absolute atomic E-state index is 12.2. The van der Waals surface area contributed by atoms with Gasteiger partial charge in [-0.15, -0.1) is 0 Å². The van der Waals surface area contributed by atoms with Crippen molar-refractivity contribution in [3.05, 3.63) is 42.3 Å². The zero-order valence-corrected chi connectivity index (χ0v) is 9.69. The number of aromatic nitrogens is 3. The summed E-state index contributed by atoms with van der Waals surface area (Å²) in [6.45, 7) is 1.32. The highest BCUT2D eigenvalue weighted by Gasteiger charge is 2.30. The predicted molar refractivity (Wildman–Crippen MR) is 61.8 cm³/mol. The average Bonchev–Trinajstić information content (AvgIpc) is 3.09. The molecule has 1 amide bonds. The summed E-state index contributed by atoms with van der Waals surface area (Å²) in [6.07, 6.45) is 3.80. The predicted octanol–water partition coefficient (Wildman–Crippen LogP) is 1.09. The number of likely N-dealkylation sites (tertiary alicyclic amines) is 1. The first-order valence-electron chi connectivity index (χ1n) is 5.81. The fourth-order valence-electron chi connectivity index (χ4n) is 2.17. The van der Waals surface area contributed by atoms with Crippen LogP contribution in [0.15, 0.2) is 35.3 Å². The number of pyridine rings is 1. The van der Waals surface area contributed by atoms with Crippen LogP contribution in [0.1, 0.15) is 28.7 Å². The van der Waals surface area contributed by atoms with Gasteiger partial charge in [0.2, 0.25) is 6.39 Å². The van der Waals surface area contributed by atoms with Crippen molar-refractivity contribution in [2.24, 2.45) is 0 Å². The van der Waals surface area contributed by atoms with Gasteiger partial charge in [0.25, 0.3) is 5.91 Å². The van der Waals surface area contributed by atoms with Crippen LogP contribution in [0.4, 0.5) is 0 Å². The van der Waals surface area contributed by atoms with E-state index in [1.54, 1.807) is 23.2 Å². The molecule has 0 spiro atoms. The Morgan fingerprint density at radius 3 is 3.06 bits per heavy atom. The monoisotopic (exact) mass is 244 g/mol. The highest BCUT2D eigenvalue weighted by molar-refractivity contribution is 5.92. The van der Waals surface area contributed by atoms with E-state index in [9.17, 15) is 4.79 Å². The van der Waals surface area contributed by atoms with Gasteiger partial charge in [-0.3, -0.25) is 9.78 Å². The van der Waals surface area contributed by atoms with Crippen LogP contribution in [0.2, 0.25) is 0 Å². The summed E-state index contributed by atoms with van der Waals surface area (Å²) in [4.78, 5) is 22.0. The van der Waals surface area contributed by atoms with E-state index in [1.807, 2.05) is 6.07 Å². The van der Waals surface area contributed by atoms with Gasteiger partial charge in [0.15, 0.2) is 5.82 Å². The first kappa shape index (κ1) is 10.9. The maximum atomic E-state index is 12.2. The number of amides is 1. The number of carbonyl (C=O) groups is 1. The lowest BCUT2D eigenvalue weighted by Crippen LogP contribution is -2.29. The Kier molecular flexibility index (Phi) is 2.76. The summed E-state index contributed by atoms with van der Waals surface area (Å²) in [7, 11) is 0. The SMILES string of the molecule is O=C(c1ccccn1)N1CCC(c2ncon2)C1. The van der Waals surface area contributed by atoms with Gasteiger partial charge in [-0.05, 0) is 18.6 Å². The topological polar surface area (TPSA) is 72.1 Å². The van der Waals surface area contributed by atoms with Crippen molar-refractivity contribution >= 4 is 5.91 Å². The standard InChI is InChI=1S/C12H12N4O2/c17-12(10-3-1-2-5-13-10)16-6-4-9(7-16)11-14-8-18-15-11/h1-3,5,8-9H,4,6-7H2. The molecule has 92 valence electrons. The minimum absolute atomic E-state index is 0.0402. The van der Waals surface area contributed by atoms with Crippen LogP contribution < -0.4 is 0 Å². The lowest BCUT2D eigenvalue weighted by atomic mass is 10.1. The average molecular weight is 244 g/mol. The Balaban J connectivity index is 1.71. The molecule has 6 nitrogen and oxygen atoms in total. The third kappa shape index (κ3) is 1.97. The molecule has 1 fully saturated rings. The zero-order chi connectivity index (χ0) is 12.4. The summed E-state index contributed by atoms with van der Waals surface area (Å²) >= 11 is 0. The van der Waals surface area contributed by atoms with Gasteiger partial charge < -0.3 is 9.42 Å². The van der Waals surface area contributed by atoms with E-state index in [2.05, 4.69) is 15.1 Å². The van der Waals surface area contributed by atoms with Crippen molar-refractivity contribution in [1.82, 2.24) is 20.0 Å². The summed E-state index contributed by atoms with van der Waals surface area (Å²) in [5.74, 6) is 0.796. The fourth-order valence-corrected chi connectivity index (χ4v) is 2.17. The molecule has 0 saturated carbocycles. The molecular formula is C12H12N4O2. The van der Waals surface area contributed by atoms with Gasteiger partial charge in [-0.1, -0.05) is 11.2 Å². The van der Waals surface area contributed by atoms with Gasteiger partial charge in [-0.25, -0.2) is 0 Å². The van der Waals surface area contributed by atoms with Crippen LogP contribution >= 0.6 is 0 Å². The van der Waals surface area contributed by atoms with Crippen molar-refractivity contribution in [2.75, 3.05) is 13.1 Å². The third-order valence-corrected chi connectivity index (χ3v) is 3.10. The Labute approximate surface area is 104 Å². The molecule has 0 bridgehead atoms. The van der Waals surface area contributed by atoms with Crippen LogP contribution in [0.5, 0.6) is 0 Å². The van der Waals surface area contributed by atoms with E-state index in [4.69, 9.17) is 4.52 Å². The lowest BCUT2D eigenvalue weighted by Gasteiger charge is -2.14. The van der Waals surface area contributed by atoms with Gasteiger partial charge >= 0.3 is 0 Å². The molecule has 3 rings (SSSR count). The van der Waals surface area contributed by atoms with Crippen LogP contribution in [0.3, 0.4) is 0 Å². The molecule has 0 N–H and O–H groups in total. The van der Waals surface area contributed by atoms with E-state index in [1.165, 1.54) is 6.39 Å². The van der Waals surface area contributed by atoms with E-state index < -0.39 is 0 Å². The molecule has 6 heteroatoms. The molecule has 1 aliphatic heterocycles. The summed E-state index contributed by atoms with van der Waals surface area (Å²) in [5.41, 5.74) is 0.478. The second kappa shape index (κ2) is 4.56. The van der Waals surface area contributed by atoms with E-state index >= 15 is 0 Å². The molecule has 18 heavy (non-hydrogen) atoms. The van der Waals surface area contributed by atoms with Gasteiger partial charge in [0.1, 0.15) is 5.69 Å². The summed E-state index contributed by atoms with van der Waals surface area (Å²) in [6, 6.07) is 5.33. The number of hydrogen-bond donors (Lipinski definition) is 0. The van der Waals surface area contributed by atoms with Gasteiger partial charge in [0.05, 0.1) is 0 Å². The molecule has 1 unspecified atom stereocenters. The Morgan fingerprint density at radius 2 is 2.33 bits per heavy atom. The third-order valence-electron chi connectivity index (χ3n) is 3.10. The molecule has 0 radical (unpaired) electrons. The number of rotatable bonds is 2. The Morgan fingerprint density at radius 1 is 1.39 bits per heavy atom. The first-order valence-corrected chi connectivity index (χ1v) is 5.81. The van der Waals surface area contributed by atoms with Crippen molar-refractivity contribution in [1.29, 1.82) is 0 Å². The number of nitrogens with zero attached hydrogens (tertiary/aromatic N) is 4. The van der Waals surface area contributed by atoms with Crippen LogP contribution in [0, 0.1) is 0 Å². The minimum Gasteiger partial charge on any atom is -0.343 e. The molecular weight excluding hydrogens is 232 g/mol. The fraction of sp³-hybridized carbons (Fsp3) is 0.333. The summed E-state index contributed by atoms with van der Waals surface area (Å²) in [5, 5.41) is 3.83. The van der Waals surface area contributed by atoms with Crippen molar-refractivity contribution < 1.29 is 9.32 Å². The van der Waals surface area contributed by atoms with Gasteiger partial charge in [0, 0.05) is 25.2 Å². The van der Waals surface area contributed by atoms with Crippen LogP contribution in [-0.2, 0) is 0 Å². The smallest absolute Gasteiger partial charge is 0.272 e. The molecule has 1 saturated heterocycles. The number of carbonyl (C=O) groups excluding carboxylic acids is 1. The van der Waals surface area contributed by atoms with Gasteiger partial charge in [-0.2, -0.15) is 4.98 Å². The largest absolute Gasteiger partial charge is 0.343 e. The maximum Gasteiger partial charge on any atom is 0.272 e. The normalized spacial score (nSPS) is 19.1. The minimum atomic E-state index is -0.0402. The molecule has 1 atom stereocenters. The highest BCUT2D eigenvalue weighted by Crippen LogP contribution is 2.25.